The van der Waals surface area contributed by atoms with Gasteiger partial charge < -0.3 is 29.2 Å². The first-order chi connectivity index (χ1) is 24.7. The van der Waals surface area contributed by atoms with E-state index >= 15 is 0 Å². The zero-order valence-corrected chi connectivity index (χ0v) is 29.5. The van der Waals surface area contributed by atoms with E-state index in [-0.39, 0.29) is 13.2 Å². The summed E-state index contributed by atoms with van der Waals surface area (Å²) in [4.78, 5) is 49.8. The van der Waals surface area contributed by atoms with Gasteiger partial charge in [0.25, 0.3) is 0 Å². The van der Waals surface area contributed by atoms with Gasteiger partial charge >= 0.3 is 23.9 Å². The van der Waals surface area contributed by atoms with Crippen molar-refractivity contribution in [3.63, 3.8) is 0 Å². The van der Waals surface area contributed by atoms with E-state index in [2.05, 4.69) is 0 Å². The number of aliphatic carboxylic acids is 2. The molecule has 0 aliphatic heterocycles. The number of benzene rings is 4. The number of rotatable bonds is 20. The van der Waals surface area contributed by atoms with Crippen LogP contribution in [0.1, 0.15) is 0 Å². The van der Waals surface area contributed by atoms with Gasteiger partial charge in [0, 0.05) is 55.4 Å². The Bertz CT molecular complexity index is 1630. The summed E-state index contributed by atoms with van der Waals surface area (Å²) in [6, 6.07) is 34.1. The van der Waals surface area contributed by atoms with Crippen LogP contribution in [0, 0.1) is 0 Å². The first-order valence-electron chi connectivity index (χ1n) is 15.4. The fourth-order valence-corrected chi connectivity index (χ4v) is 6.65. The van der Waals surface area contributed by atoms with Gasteiger partial charge in [-0.05, 0) is 72.8 Å². The number of hydrogen-bond acceptors (Lipinski definition) is 11. The van der Waals surface area contributed by atoms with E-state index in [9.17, 15) is 19.2 Å². The van der Waals surface area contributed by atoms with Crippen molar-refractivity contribution in [3.05, 3.63) is 133 Å². The van der Waals surface area contributed by atoms with Gasteiger partial charge in [-0.1, -0.05) is 48.2 Å². The molecule has 4 aromatic rings. The van der Waals surface area contributed by atoms with Gasteiger partial charge in [-0.15, -0.1) is 23.5 Å². The number of carbonyl (C=O) groups excluding carboxylic acids is 2. The second kappa shape index (κ2) is 21.2. The van der Waals surface area contributed by atoms with Crippen molar-refractivity contribution >= 4 is 59.2 Å². The number of carboxylic acids is 2. The van der Waals surface area contributed by atoms with Gasteiger partial charge in [-0.25, -0.2) is 19.2 Å². The van der Waals surface area contributed by atoms with Crippen LogP contribution in [0.2, 0.25) is 0 Å². The van der Waals surface area contributed by atoms with Crippen LogP contribution >= 0.6 is 35.3 Å². The minimum atomic E-state index is -1.24. The lowest BCUT2D eigenvalue weighted by Gasteiger charge is -2.18. The topological polar surface area (TPSA) is 146 Å². The quantitative estimate of drug-likeness (QED) is 0.0531. The average Bonchev–Trinajstić information content (AvgIpc) is 3.14. The molecule has 4 rings (SSSR count). The highest BCUT2D eigenvalue weighted by Crippen LogP contribution is 2.31. The molecule has 0 radical (unpaired) electrons. The largest absolute Gasteiger partial charge is 0.490 e. The van der Waals surface area contributed by atoms with Crippen LogP contribution in [-0.4, -0.2) is 71.0 Å². The molecule has 0 heterocycles. The van der Waals surface area contributed by atoms with Crippen molar-refractivity contribution in [1.29, 1.82) is 0 Å². The Morgan fingerprint density at radius 2 is 0.882 bits per heavy atom. The maximum atomic E-state index is 12.2. The van der Waals surface area contributed by atoms with E-state index in [0.717, 1.165) is 43.9 Å². The standard InChI is InChI=1S/C38H34O10S3/c39-35(40)19-21-37(43)47-29(25-49-31-7-3-1-4-8-31)23-45-27-11-15-33(16-12-27)51-34-17-13-28(14-18-34)46-24-30(48-38(44)22-20-36(41)42)26-50-32-9-5-2-6-10-32/h1-22,29-30H,23-26H2,(H,39,40)(H,41,42)/b21-19+,22-20+. The van der Waals surface area contributed by atoms with Gasteiger partial charge in [-0.2, -0.15) is 0 Å². The lowest BCUT2D eigenvalue weighted by Crippen LogP contribution is -2.27. The molecule has 10 nitrogen and oxygen atoms in total. The van der Waals surface area contributed by atoms with Crippen LogP contribution in [0.15, 0.2) is 153 Å². The molecule has 2 N–H and O–H groups in total. The second-order valence-corrected chi connectivity index (χ2v) is 13.7. The number of carboxylic acid groups (broad SMARTS) is 2. The summed E-state index contributed by atoms with van der Waals surface area (Å²) in [6.45, 7) is 0.148. The van der Waals surface area contributed by atoms with Gasteiger partial charge in [0.1, 0.15) is 36.9 Å². The molecule has 0 fully saturated rings. The zero-order chi connectivity index (χ0) is 36.3. The number of esters is 2. The van der Waals surface area contributed by atoms with Gasteiger partial charge in [0.15, 0.2) is 0 Å². The van der Waals surface area contributed by atoms with Crippen molar-refractivity contribution in [2.75, 3.05) is 24.7 Å². The highest BCUT2D eigenvalue weighted by Gasteiger charge is 2.17. The number of hydrogen-bond donors (Lipinski definition) is 2. The Balaban J connectivity index is 1.28. The lowest BCUT2D eigenvalue weighted by atomic mass is 10.3. The normalized spacial score (nSPS) is 12.2. The molecule has 13 heteroatoms. The van der Waals surface area contributed by atoms with Gasteiger partial charge in [0.05, 0.1) is 0 Å². The van der Waals surface area contributed by atoms with Crippen LogP contribution in [0.3, 0.4) is 0 Å². The third-order valence-electron chi connectivity index (χ3n) is 6.40. The summed E-state index contributed by atoms with van der Waals surface area (Å²) in [5, 5.41) is 17.6. The molecule has 0 amide bonds. The number of ether oxygens (including phenoxy) is 4. The second-order valence-electron chi connectivity index (χ2n) is 10.4. The van der Waals surface area contributed by atoms with E-state index in [1.807, 2.05) is 109 Å². The van der Waals surface area contributed by atoms with Crippen LogP contribution in [0.5, 0.6) is 11.5 Å². The Kier molecular flexibility index (Phi) is 16.1. The van der Waals surface area contributed by atoms with Gasteiger partial charge in [-0.3, -0.25) is 0 Å². The van der Waals surface area contributed by atoms with E-state index in [4.69, 9.17) is 29.2 Å². The minimum Gasteiger partial charge on any atom is -0.490 e. The molecule has 4 aromatic carbocycles. The third kappa shape index (κ3) is 15.5. The first-order valence-corrected chi connectivity index (χ1v) is 18.2. The smallest absolute Gasteiger partial charge is 0.331 e. The summed E-state index contributed by atoms with van der Waals surface area (Å²) in [5.41, 5.74) is 0. The van der Waals surface area contributed by atoms with E-state index in [1.54, 1.807) is 0 Å². The molecule has 0 bridgehead atoms. The maximum absolute atomic E-state index is 12.2. The Morgan fingerprint density at radius 1 is 0.510 bits per heavy atom. The maximum Gasteiger partial charge on any atom is 0.331 e. The minimum absolute atomic E-state index is 0.0739. The van der Waals surface area contributed by atoms with Crippen molar-refractivity contribution in [1.82, 2.24) is 0 Å². The average molecular weight is 747 g/mol. The van der Waals surface area contributed by atoms with Crippen LogP contribution in [-0.2, 0) is 28.7 Å². The molecule has 0 spiro atoms. The molecule has 0 saturated heterocycles. The summed E-state index contributed by atoms with van der Waals surface area (Å²) >= 11 is 4.52. The van der Waals surface area contributed by atoms with Crippen molar-refractivity contribution in [2.24, 2.45) is 0 Å². The molecule has 2 atom stereocenters. The highest BCUT2D eigenvalue weighted by molar-refractivity contribution is 7.99. The van der Waals surface area contributed by atoms with Crippen molar-refractivity contribution in [2.45, 2.75) is 31.8 Å². The highest BCUT2D eigenvalue weighted by atomic mass is 32.2. The van der Waals surface area contributed by atoms with E-state index in [0.29, 0.717) is 23.0 Å². The Labute approximate surface area is 307 Å². The number of thioether (sulfide) groups is 2. The Morgan fingerprint density at radius 3 is 1.24 bits per heavy atom. The van der Waals surface area contributed by atoms with Crippen LogP contribution in [0.25, 0.3) is 0 Å². The summed E-state index contributed by atoms with van der Waals surface area (Å²) in [5.74, 6) is -2.04. The van der Waals surface area contributed by atoms with Crippen LogP contribution < -0.4 is 9.47 Å². The van der Waals surface area contributed by atoms with E-state index in [1.165, 1.54) is 35.3 Å². The predicted molar refractivity (Wildman–Crippen MR) is 196 cm³/mol. The molecular weight excluding hydrogens is 713 g/mol. The monoisotopic (exact) mass is 746 g/mol. The third-order valence-corrected chi connectivity index (χ3v) is 9.71. The van der Waals surface area contributed by atoms with Crippen LogP contribution in [0.4, 0.5) is 0 Å². The van der Waals surface area contributed by atoms with Crippen molar-refractivity contribution < 1.29 is 48.3 Å². The molecule has 2 unspecified atom stereocenters. The molecular formula is C38H34O10S3. The molecule has 0 aliphatic rings. The lowest BCUT2D eigenvalue weighted by molar-refractivity contribution is -0.144. The fraction of sp³-hybridized carbons (Fsp3) is 0.158. The Hall–Kier alpha value is -5.11. The fourth-order valence-electron chi connectivity index (χ4n) is 4.05. The number of carbonyl (C=O) groups is 4. The first kappa shape index (κ1) is 38.7. The molecule has 264 valence electrons. The summed E-state index contributed by atoms with van der Waals surface area (Å²) in [7, 11) is 0. The molecule has 51 heavy (non-hydrogen) atoms. The van der Waals surface area contributed by atoms with Crippen molar-refractivity contribution in [3.8, 4) is 11.5 Å². The molecule has 0 aromatic heterocycles. The molecule has 0 saturated carbocycles. The zero-order valence-electron chi connectivity index (χ0n) is 27.1. The van der Waals surface area contributed by atoms with Gasteiger partial charge in [0.2, 0.25) is 0 Å². The predicted octanol–water partition coefficient (Wildman–Crippen LogP) is 7.29. The SMILES string of the molecule is O=C(O)/C=C/C(=O)OC(COc1ccc(Sc2ccc(OCC(CSc3ccccc3)OC(=O)/C=C/C(=O)O)cc2)cc1)CSc1ccccc1. The van der Waals surface area contributed by atoms with E-state index < -0.39 is 36.1 Å². The summed E-state index contributed by atoms with van der Waals surface area (Å²) in [6.07, 6.45) is 1.95. The molecule has 0 aliphatic carbocycles. The summed E-state index contributed by atoms with van der Waals surface area (Å²) < 4.78 is 22.8.